The van der Waals surface area contributed by atoms with Crippen molar-refractivity contribution in [1.82, 2.24) is 9.62 Å². The number of aliphatic hydroxyl groups is 1. The molecule has 1 spiro atoms. The molecule has 2 fully saturated rings. The van der Waals surface area contributed by atoms with Gasteiger partial charge in [-0.25, -0.2) is 13.2 Å². The molecule has 220 valence electrons. The van der Waals surface area contributed by atoms with Crippen molar-refractivity contribution >= 4 is 16.1 Å². The van der Waals surface area contributed by atoms with E-state index >= 15 is 0 Å². The zero-order valence-electron chi connectivity index (χ0n) is 23.6. The second kappa shape index (κ2) is 13.3. The van der Waals surface area contributed by atoms with Crippen LogP contribution in [0.15, 0.2) is 59.5 Å². The zero-order valence-corrected chi connectivity index (χ0v) is 24.4. The maximum absolute atomic E-state index is 13.6. The van der Waals surface area contributed by atoms with Crippen LogP contribution in [-0.4, -0.2) is 74.6 Å². The van der Waals surface area contributed by atoms with Crippen LogP contribution in [-0.2, 0) is 25.9 Å². The largest absolute Gasteiger partial charge is 0.497 e. The molecular weight excluding hydrogens is 532 g/mol. The van der Waals surface area contributed by atoms with Gasteiger partial charge in [-0.2, -0.15) is 4.31 Å². The van der Waals surface area contributed by atoms with Crippen LogP contribution in [0.3, 0.4) is 0 Å². The van der Waals surface area contributed by atoms with Crippen molar-refractivity contribution in [1.29, 1.82) is 0 Å². The van der Waals surface area contributed by atoms with Crippen molar-refractivity contribution < 1.29 is 32.5 Å². The maximum atomic E-state index is 13.6. The van der Waals surface area contributed by atoms with Gasteiger partial charge in [-0.1, -0.05) is 44.2 Å². The molecule has 1 heterocycles. The van der Waals surface area contributed by atoms with Crippen LogP contribution in [0.4, 0.5) is 4.79 Å². The minimum atomic E-state index is -3.92. The van der Waals surface area contributed by atoms with Gasteiger partial charge in [0.25, 0.3) is 0 Å². The van der Waals surface area contributed by atoms with Crippen molar-refractivity contribution in [2.75, 3.05) is 26.8 Å². The third-order valence-corrected chi connectivity index (χ3v) is 9.55. The van der Waals surface area contributed by atoms with Gasteiger partial charge in [0, 0.05) is 26.1 Å². The second-order valence-electron chi connectivity index (χ2n) is 11.3. The molecule has 2 aliphatic rings. The van der Waals surface area contributed by atoms with Gasteiger partial charge in [-0.05, 0) is 67.9 Å². The fourth-order valence-corrected chi connectivity index (χ4v) is 7.28. The Hall–Kier alpha value is -2.66. The maximum Gasteiger partial charge on any atom is 0.407 e. The molecule has 1 aliphatic heterocycles. The lowest BCUT2D eigenvalue weighted by Gasteiger charge is -2.31. The summed E-state index contributed by atoms with van der Waals surface area (Å²) in [6.07, 6.45) is 2.55. The number of sulfonamides is 1. The first-order valence-electron chi connectivity index (χ1n) is 14.1. The van der Waals surface area contributed by atoms with E-state index in [0.29, 0.717) is 18.6 Å². The summed E-state index contributed by atoms with van der Waals surface area (Å²) in [6, 6.07) is 14.9. The first-order valence-corrected chi connectivity index (χ1v) is 15.5. The molecule has 2 aromatic rings. The Kier molecular flexibility index (Phi) is 10.1. The van der Waals surface area contributed by atoms with Gasteiger partial charge in [-0.15, -0.1) is 0 Å². The molecule has 4 rings (SSSR count). The summed E-state index contributed by atoms with van der Waals surface area (Å²) in [5.74, 6) is 0.561. The molecule has 1 saturated heterocycles. The minimum Gasteiger partial charge on any atom is -0.497 e. The van der Waals surface area contributed by atoms with Gasteiger partial charge < -0.3 is 24.6 Å². The molecule has 1 unspecified atom stereocenters. The van der Waals surface area contributed by atoms with Gasteiger partial charge >= 0.3 is 6.09 Å². The number of benzene rings is 2. The summed E-state index contributed by atoms with van der Waals surface area (Å²) in [5.41, 5.74) is 0.723. The van der Waals surface area contributed by atoms with Crippen molar-refractivity contribution in [2.45, 2.75) is 81.1 Å². The molecule has 4 atom stereocenters. The van der Waals surface area contributed by atoms with Gasteiger partial charge in [0.15, 0.2) is 0 Å². The van der Waals surface area contributed by atoms with E-state index in [1.54, 1.807) is 12.1 Å². The number of carbonyl (C=O) groups is 1. The smallest absolute Gasteiger partial charge is 0.407 e. The fraction of sp³-hybridized carbons (Fsp3) is 0.567. The number of aliphatic hydroxyl groups excluding tert-OH is 1. The minimum absolute atomic E-state index is 0.0122. The van der Waals surface area contributed by atoms with Crippen LogP contribution in [0, 0.1) is 5.92 Å². The van der Waals surface area contributed by atoms with Crippen LogP contribution in [0.25, 0.3) is 0 Å². The molecule has 9 nitrogen and oxygen atoms in total. The van der Waals surface area contributed by atoms with Crippen molar-refractivity contribution in [3.05, 3.63) is 60.2 Å². The van der Waals surface area contributed by atoms with E-state index < -0.39 is 28.3 Å². The van der Waals surface area contributed by atoms with E-state index in [2.05, 4.69) is 5.32 Å². The fourth-order valence-electron chi connectivity index (χ4n) is 5.66. The third-order valence-electron chi connectivity index (χ3n) is 7.70. The molecule has 1 saturated carbocycles. The molecule has 0 aromatic heterocycles. The van der Waals surface area contributed by atoms with Crippen LogP contribution < -0.4 is 10.1 Å². The molecule has 0 radical (unpaired) electrons. The summed E-state index contributed by atoms with van der Waals surface area (Å²) >= 11 is 0. The molecule has 2 N–H and O–H groups in total. The van der Waals surface area contributed by atoms with Crippen LogP contribution in [0.1, 0.15) is 51.5 Å². The van der Waals surface area contributed by atoms with Gasteiger partial charge in [0.05, 0.1) is 29.8 Å². The molecule has 40 heavy (non-hydrogen) atoms. The lowest BCUT2D eigenvalue weighted by Crippen LogP contribution is -2.51. The third kappa shape index (κ3) is 7.75. The second-order valence-corrected chi connectivity index (χ2v) is 13.2. The van der Waals surface area contributed by atoms with Crippen molar-refractivity contribution in [3.63, 3.8) is 0 Å². The van der Waals surface area contributed by atoms with E-state index in [1.807, 2.05) is 44.2 Å². The Labute approximate surface area is 237 Å². The number of ether oxygens (including phenoxy) is 3. The van der Waals surface area contributed by atoms with E-state index in [0.717, 1.165) is 37.9 Å². The Bertz CT molecular complexity index is 1200. The zero-order chi connectivity index (χ0) is 28.8. The molecule has 2 aromatic carbocycles. The Morgan fingerprint density at radius 1 is 1.12 bits per heavy atom. The van der Waals surface area contributed by atoms with Crippen LogP contribution in [0.5, 0.6) is 5.75 Å². The highest BCUT2D eigenvalue weighted by atomic mass is 32.2. The summed E-state index contributed by atoms with van der Waals surface area (Å²) in [4.78, 5) is 13.1. The average Bonchev–Trinajstić information content (AvgIpc) is 3.56. The average molecular weight is 575 g/mol. The van der Waals surface area contributed by atoms with Gasteiger partial charge in [-0.3, -0.25) is 0 Å². The number of alkyl carbamates (subject to hydrolysis) is 1. The van der Waals surface area contributed by atoms with Crippen molar-refractivity contribution in [3.8, 4) is 5.75 Å². The Balaban J connectivity index is 1.49. The van der Waals surface area contributed by atoms with Crippen LogP contribution >= 0.6 is 0 Å². The molecular formula is C30H42N2O7S. The number of nitrogens with one attached hydrogen (secondary N) is 1. The number of hydrogen-bond donors (Lipinski definition) is 2. The predicted molar refractivity (Wildman–Crippen MR) is 152 cm³/mol. The summed E-state index contributed by atoms with van der Waals surface area (Å²) in [7, 11) is -2.41. The van der Waals surface area contributed by atoms with Crippen LogP contribution in [0.2, 0.25) is 0 Å². The van der Waals surface area contributed by atoms with Gasteiger partial charge in [0.2, 0.25) is 10.0 Å². The van der Waals surface area contributed by atoms with E-state index in [1.165, 1.54) is 23.5 Å². The lowest BCUT2D eigenvalue weighted by atomic mass is 9.99. The summed E-state index contributed by atoms with van der Waals surface area (Å²) < 4.78 is 45.4. The van der Waals surface area contributed by atoms with E-state index in [-0.39, 0.29) is 35.6 Å². The van der Waals surface area contributed by atoms with E-state index in [9.17, 15) is 18.3 Å². The first kappa shape index (κ1) is 30.3. The number of rotatable bonds is 12. The topological polar surface area (TPSA) is 114 Å². The normalized spacial score (nSPS) is 22.5. The lowest BCUT2D eigenvalue weighted by molar-refractivity contribution is -0.00296. The number of carbonyl (C=O) groups excluding carboxylic acids is 1. The van der Waals surface area contributed by atoms with Gasteiger partial charge in [0.1, 0.15) is 11.9 Å². The summed E-state index contributed by atoms with van der Waals surface area (Å²) in [6.45, 7) is 4.60. The number of hydrogen-bond acceptors (Lipinski definition) is 7. The molecule has 1 aliphatic carbocycles. The monoisotopic (exact) mass is 574 g/mol. The molecule has 0 bridgehead atoms. The Morgan fingerprint density at radius 2 is 1.85 bits per heavy atom. The number of methoxy groups -OCH3 is 1. The molecule has 1 amide bonds. The highest BCUT2D eigenvalue weighted by Gasteiger charge is 2.44. The molecule has 10 heteroatoms. The quantitative estimate of drug-likeness (QED) is 0.392. The highest BCUT2D eigenvalue weighted by Crippen LogP contribution is 2.42. The number of amides is 1. The summed E-state index contributed by atoms with van der Waals surface area (Å²) in [5, 5.41) is 14.3. The first-order chi connectivity index (χ1) is 19.1. The SMILES string of the molecule is COc1ccc(S(=O)(=O)N(CC(C)C)C[C@@H](O)[C@H](Cc2ccccc2)NC(=O)OC2CC[C@@]3(CCCO3)C2)cc1. The van der Waals surface area contributed by atoms with Crippen molar-refractivity contribution in [2.24, 2.45) is 5.92 Å². The van der Waals surface area contributed by atoms with E-state index in [4.69, 9.17) is 14.2 Å². The predicted octanol–water partition coefficient (Wildman–Crippen LogP) is 4.14. The standard InChI is InChI=1S/C30H42N2O7S/c1-22(2)20-32(40(35,36)26-12-10-24(37-3)11-13-26)21-28(33)27(18-23-8-5-4-6-9-23)31-29(34)39-25-14-16-30(19-25)15-7-17-38-30/h4-6,8-13,22,25,27-28,33H,7,14-21H2,1-3H3,(H,31,34)/t25?,27-,28+,30-/m0/s1. The Morgan fingerprint density at radius 3 is 2.48 bits per heavy atom. The number of nitrogens with zero attached hydrogens (tertiary/aromatic N) is 1. The highest BCUT2D eigenvalue weighted by molar-refractivity contribution is 7.89.